The molecule has 0 unspecified atom stereocenters. The highest BCUT2D eigenvalue weighted by Crippen LogP contribution is 2.46. The molecule has 0 radical (unpaired) electrons. The van der Waals surface area contributed by atoms with Gasteiger partial charge in [0.1, 0.15) is 17.3 Å². The van der Waals surface area contributed by atoms with Crippen molar-refractivity contribution in [2.75, 3.05) is 19.7 Å². The van der Waals surface area contributed by atoms with Crippen molar-refractivity contribution in [2.24, 2.45) is 0 Å². The normalized spacial score (nSPS) is 24.2. The SMILES string of the molecule is C[C@H]1CC[C@](C)([C@H]2CN(C(=O)c3ccc(=O)[nH]n3)CCO2)c2nnc(-c3c(F)cccc3F)cc21. The number of aromatic nitrogens is 4. The Kier molecular flexibility index (Phi) is 5.92. The average molecular weight is 482 g/mol. The maximum atomic E-state index is 14.4. The number of H-pyrrole nitrogens is 1. The largest absolute Gasteiger partial charge is 0.374 e. The molecule has 1 aliphatic heterocycles. The van der Waals surface area contributed by atoms with E-state index < -0.39 is 17.0 Å². The summed E-state index contributed by atoms with van der Waals surface area (Å²) in [6, 6.07) is 8.11. The van der Waals surface area contributed by atoms with Crippen LogP contribution in [0.3, 0.4) is 0 Å². The number of hydrogen-bond acceptors (Lipinski definition) is 6. The zero-order chi connectivity index (χ0) is 24.7. The second-order valence-corrected chi connectivity index (χ2v) is 9.40. The van der Waals surface area contributed by atoms with Gasteiger partial charge in [0, 0.05) is 24.6 Å². The number of aromatic amines is 1. The van der Waals surface area contributed by atoms with Crippen LogP contribution >= 0.6 is 0 Å². The van der Waals surface area contributed by atoms with Crippen LogP contribution in [-0.2, 0) is 10.2 Å². The van der Waals surface area contributed by atoms with Gasteiger partial charge in [-0.05, 0) is 48.6 Å². The van der Waals surface area contributed by atoms with Gasteiger partial charge >= 0.3 is 0 Å². The molecular formula is C25H25F2N5O3. The summed E-state index contributed by atoms with van der Waals surface area (Å²) in [6.07, 6.45) is 1.22. The molecule has 8 nitrogen and oxygen atoms in total. The Balaban J connectivity index is 1.47. The Bertz CT molecular complexity index is 1310. The number of morpholine rings is 1. The van der Waals surface area contributed by atoms with Crippen LogP contribution in [0.5, 0.6) is 0 Å². The van der Waals surface area contributed by atoms with Crippen molar-refractivity contribution >= 4 is 5.91 Å². The molecule has 3 aromatic rings. The number of halogens is 2. The van der Waals surface area contributed by atoms with E-state index in [1.807, 2.05) is 6.92 Å². The van der Waals surface area contributed by atoms with Gasteiger partial charge in [-0.25, -0.2) is 13.9 Å². The van der Waals surface area contributed by atoms with E-state index in [1.54, 1.807) is 11.0 Å². The minimum atomic E-state index is -0.689. The third-order valence-corrected chi connectivity index (χ3v) is 7.17. The maximum Gasteiger partial charge on any atom is 0.274 e. The predicted octanol–water partition coefficient (Wildman–Crippen LogP) is 3.20. The fourth-order valence-electron chi connectivity index (χ4n) is 5.04. The number of nitrogens with one attached hydrogen (secondary N) is 1. The third-order valence-electron chi connectivity index (χ3n) is 7.17. The van der Waals surface area contributed by atoms with Crippen molar-refractivity contribution in [3.8, 4) is 11.3 Å². The van der Waals surface area contributed by atoms with Crippen molar-refractivity contribution in [3.05, 3.63) is 75.3 Å². The predicted molar refractivity (Wildman–Crippen MR) is 123 cm³/mol. The van der Waals surface area contributed by atoms with Crippen molar-refractivity contribution in [1.29, 1.82) is 0 Å². The van der Waals surface area contributed by atoms with Crippen LogP contribution in [0.4, 0.5) is 8.78 Å². The first-order valence-electron chi connectivity index (χ1n) is 11.6. The van der Waals surface area contributed by atoms with Gasteiger partial charge in [0.05, 0.1) is 29.7 Å². The highest BCUT2D eigenvalue weighted by molar-refractivity contribution is 5.92. The number of carbonyl (C=O) groups excluding carboxylic acids is 1. The van der Waals surface area contributed by atoms with E-state index in [1.165, 1.54) is 30.3 Å². The summed E-state index contributed by atoms with van der Waals surface area (Å²) in [6.45, 7) is 5.14. The first kappa shape index (κ1) is 23.2. The lowest BCUT2D eigenvalue weighted by Gasteiger charge is -2.46. The molecule has 3 heterocycles. The molecule has 0 bridgehead atoms. The number of amides is 1. The van der Waals surface area contributed by atoms with Gasteiger partial charge in [-0.1, -0.05) is 19.9 Å². The molecule has 35 heavy (non-hydrogen) atoms. The van der Waals surface area contributed by atoms with Crippen molar-refractivity contribution in [1.82, 2.24) is 25.3 Å². The monoisotopic (exact) mass is 481 g/mol. The molecule has 1 amide bonds. The average Bonchev–Trinajstić information content (AvgIpc) is 2.86. The summed E-state index contributed by atoms with van der Waals surface area (Å²) in [7, 11) is 0. The van der Waals surface area contributed by atoms with Crippen LogP contribution in [0.15, 0.2) is 41.2 Å². The molecule has 1 N–H and O–H groups in total. The molecule has 2 aliphatic rings. The van der Waals surface area contributed by atoms with Gasteiger partial charge in [-0.2, -0.15) is 15.3 Å². The van der Waals surface area contributed by atoms with Gasteiger partial charge in [-0.15, -0.1) is 0 Å². The molecule has 5 rings (SSSR count). The van der Waals surface area contributed by atoms with Crippen molar-refractivity contribution in [3.63, 3.8) is 0 Å². The zero-order valence-corrected chi connectivity index (χ0v) is 19.4. The van der Waals surface area contributed by atoms with E-state index >= 15 is 0 Å². The van der Waals surface area contributed by atoms with Gasteiger partial charge < -0.3 is 9.64 Å². The van der Waals surface area contributed by atoms with E-state index in [2.05, 4.69) is 27.3 Å². The van der Waals surface area contributed by atoms with Crippen LogP contribution in [0.25, 0.3) is 11.3 Å². The number of fused-ring (bicyclic) bond motifs is 1. The van der Waals surface area contributed by atoms with E-state index in [0.717, 1.165) is 24.1 Å². The third kappa shape index (κ3) is 4.12. The number of benzene rings is 1. The number of ether oxygens (including phenoxy) is 1. The summed E-state index contributed by atoms with van der Waals surface area (Å²) in [5.41, 5.74) is 0.777. The number of carbonyl (C=O) groups is 1. The Morgan fingerprint density at radius 1 is 1.20 bits per heavy atom. The first-order valence-corrected chi connectivity index (χ1v) is 11.6. The Morgan fingerprint density at radius 2 is 1.97 bits per heavy atom. The number of rotatable bonds is 3. The highest BCUT2D eigenvalue weighted by Gasteiger charge is 2.46. The summed E-state index contributed by atoms with van der Waals surface area (Å²) >= 11 is 0. The molecule has 1 fully saturated rings. The minimum Gasteiger partial charge on any atom is -0.374 e. The minimum absolute atomic E-state index is 0.119. The molecule has 10 heteroatoms. The maximum absolute atomic E-state index is 14.4. The van der Waals surface area contributed by atoms with Crippen LogP contribution in [0.2, 0.25) is 0 Å². The summed E-state index contributed by atoms with van der Waals surface area (Å²) < 4.78 is 34.9. The van der Waals surface area contributed by atoms with Gasteiger partial charge in [0.2, 0.25) is 0 Å². The second kappa shape index (κ2) is 8.92. The van der Waals surface area contributed by atoms with Crippen LogP contribution in [0, 0.1) is 11.6 Å². The Hall–Kier alpha value is -3.53. The fourth-order valence-corrected chi connectivity index (χ4v) is 5.04. The van der Waals surface area contributed by atoms with E-state index in [0.29, 0.717) is 19.7 Å². The Morgan fingerprint density at radius 3 is 2.69 bits per heavy atom. The Labute approximate surface area is 200 Å². The lowest BCUT2D eigenvalue weighted by Crippen LogP contribution is -2.54. The second-order valence-electron chi connectivity index (χ2n) is 9.40. The van der Waals surface area contributed by atoms with Crippen LogP contribution in [0.1, 0.15) is 54.4 Å². The molecule has 2 aromatic heterocycles. The lowest BCUT2D eigenvalue weighted by molar-refractivity contribution is -0.0629. The molecule has 0 saturated carbocycles. The fraction of sp³-hybridized carbons (Fsp3) is 0.400. The summed E-state index contributed by atoms with van der Waals surface area (Å²) in [5.74, 6) is -1.55. The van der Waals surface area contributed by atoms with E-state index in [-0.39, 0.29) is 40.4 Å². The van der Waals surface area contributed by atoms with Crippen molar-refractivity contribution < 1.29 is 18.3 Å². The molecule has 1 saturated heterocycles. The summed E-state index contributed by atoms with van der Waals surface area (Å²) in [4.78, 5) is 26.0. The van der Waals surface area contributed by atoms with Gasteiger partial charge in [0.25, 0.3) is 11.5 Å². The molecule has 182 valence electrons. The molecular weight excluding hydrogens is 456 g/mol. The quantitative estimate of drug-likeness (QED) is 0.617. The molecule has 3 atom stereocenters. The van der Waals surface area contributed by atoms with Crippen LogP contribution < -0.4 is 5.56 Å². The van der Waals surface area contributed by atoms with E-state index in [9.17, 15) is 18.4 Å². The first-order chi connectivity index (χ1) is 16.8. The molecule has 0 spiro atoms. The highest BCUT2D eigenvalue weighted by atomic mass is 19.1. The zero-order valence-electron chi connectivity index (χ0n) is 19.4. The number of nitrogens with zero attached hydrogens (tertiary/aromatic N) is 4. The van der Waals surface area contributed by atoms with E-state index in [4.69, 9.17) is 4.74 Å². The summed E-state index contributed by atoms with van der Waals surface area (Å²) in [5, 5.41) is 14.8. The molecule has 1 aromatic carbocycles. The molecule has 1 aliphatic carbocycles. The standard InChI is InChI=1S/C25H25F2N5O3/c1-14-8-9-25(2,20-13-32(10-11-35-20)24(34)18-6-7-21(33)30-28-18)23-15(14)12-19(29-31-23)22-16(26)4-3-5-17(22)27/h3-7,12,14,20H,8-11,13H2,1-2H3,(H,30,33)/t14-,20+,25+/m0/s1. The van der Waals surface area contributed by atoms with Crippen LogP contribution in [-0.4, -0.2) is 57.0 Å². The smallest absolute Gasteiger partial charge is 0.274 e. The number of hydrogen-bond donors (Lipinski definition) is 1. The topological polar surface area (TPSA) is 101 Å². The van der Waals surface area contributed by atoms with Gasteiger partial charge in [-0.3, -0.25) is 9.59 Å². The van der Waals surface area contributed by atoms with Crippen molar-refractivity contribution in [2.45, 2.75) is 44.1 Å². The lowest BCUT2D eigenvalue weighted by atomic mass is 9.67. The van der Waals surface area contributed by atoms with Gasteiger partial charge in [0.15, 0.2) is 0 Å².